The molecule has 296 valence electrons. The SMILES string of the molecule is O=c1c2ccc3c(=O)n4c(cc5scc(Br)c54)c4sc(c2c34)c2cc3scc(Br)c3n12.O=c1c2sc3c4c(ccc(c24)c2cc4scc(Br)c4n12)c(=O)n1c3cc2scc(Br)c21. The van der Waals surface area contributed by atoms with E-state index in [1.807, 2.05) is 59.0 Å². The lowest BCUT2D eigenvalue weighted by atomic mass is 10.0. The zero-order valence-corrected chi connectivity index (χ0v) is 41.6. The van der Waals surface area contributed by atoms with Gasteiger partial charge in [-0.2, -0.15) is 0 Å². The van der Waals surface area contributed by atoms with Crippen LogP contribution in [0.4, 0.5) is 0 Å². The largest absolute Gasteiger partial charge is 0.273 e. The van der Waals surface area contributed by atoms with E-state index in [2.05, 4.69) is 88.0 Å². The minimum absolute atomic E-state index is 0.0227. The van der Waals surface area contributed by atoms with E-state index in [9.17, 15) is 19.2 Å². The van der Waals surface area contributed by atoms with Gasteiger partial charge in [-0.3, -0.25) is 36.8 Å². The maximum Gasteiger partial charge on any atom is 0.273 e. The minimum Gasteiger partial charge on any atom is -0.273 e. The molecule has 16 aromatic rings. The molecule has 0 spiro atoms. The van der Waals surface area contributed by atoms with Crippen molar-refractivity contribution in [2.75, 3.05) is 0 Å². The zero-order valence-electron chi connectivity index (χ0n) is 30.3. The summed E-state index contributed by atoms with van der Waals surface area (Å²) in [7, 11) is 0. The molecule has 0 saturated carbocycles. The summed E-state index contributed by atoms with van der Waals surface area (Å²) in [5.74, 6) is 0. The van der Waals surface area contributed by atoms with Crippen molar-refractivity contribution in [1.82, 2.24) is 17.6 Å². The number of halogens is 4. The second-order valence-corrected chi connectivity index (χ2v) is 24.3. The molecule has 14 heterocycles. The predicted molar refractivity (Wildman–Crippen MR) is 280 cm³/mol. The van der Waals surface area contributed by atoms with Crippen molar-refractivity contribution in [2.24, 2.45) is 0 Å². The molecule has 0 N–H and O–H groups in total. The summed E-state index contributed by atoms with van der Waals surface area (Å²) in [6.07, 6.45) is 0. The Morgan fingerprint density at radius 1 is 0.355 bits per heavy atom. The van der Waals surface area contributed by atoms with E-state index in [1.54, 1.807) is 61.1 Å². The number of benzene rings is 2. The van der Waals surface area contributed by atoms with Gasteiger partial charge in [0.15, 0.2) is 0 Å². The summed E-state index contributed by atoms with van der Waals surface area (Å²) in [4.78, 5) is 54.4. The number of aromatic nitrogens is 4. The van der Waals surface area contributed by atoms with Gasteiger partial charge < -0.3 is 0 Å². The second-order valence-electron chi connectivity index (χ2n) is 15.2. The molecule has 0 atom stereocenters. The molecule has 0 saturated heterocycles. The standard InChI is InChI=1S/2C22H6Br2N2O2S3/c23-9-5-29-13-3-11-19-15-7(21(27)25(11)17(9)13)1-2-8-16(15)20(31-19)12-4-14-18(10(24)6-30-14)26(12)22(8)28;23-9-5-29-13-3-11-7-1-2-8-16-15(7)20(22(28)25(11)17(9)13)31-19(16)12-4-14-18(10(24)6-30-14)26(12)21(8)27/h2*1-6H. The van der Waals surface area contributed by atoms with Crippen LogP contribution in [0.25, 0.3) is 125 Å². The maximum atomic E-state index is 13.7. The number of pyridine rings is 4. The van der Waals surface area contributed by atoms with Crippen molar-refractivity contribution < 1.29 is 0 Å². The van der Waals surface area contributed by atoms with Crippen LogP contribution in [0.3, 0.4) is 0 Å². The highest BCUT2D eigenvalue weighted by Crippen LogP contribution is 2.48. The third-order valence-electron chi connectivity index (χ3n) is 12.3. The summed E-state index contributed by atoms with van der Waals surface area (Å²) in [5.41, 5.74) is 7.11. The molecule has 62 heavy (non-hydrogen) atoms. The van der Waals surface area contributed by atoms with Crippen LogP contribution in [-0.4, -0.2) is 17.6 Å². The molecule has 16 rings (SSSR count). The van der Waals surface area contributed by atoms with E-state index in [1.165, 1.54) is 11.3 Å². The van der Waals surface area contributed by atoms with Crippen LogP contribution in [0.5, 0.6) is 0 Å². The first kappa shape index (κ1) is 36.3. The van der Waals surface area contributed by atoms with Crippen LogP contribution in [0.15, 0.2) is 107 Å². The number of nitrogens with zero attached hydrogens (tertiary/aromatic N) is 4. The van der Waals surface area contributed by atoms with E-state index >= 15 is 0 Å². The molecule has 0 unspecified atom stereocenters. The first-order chi connectivity index (χ1) is 30.1. The average Bonchev–Trinajstić information content (AvgIpc) is 4.11. The molecule has 0 radical (unpaired) electrons. The molecular weight excluding hydrogens is 1160 g/mol. The molecule has 0 aliphatic heterocycles. The van der Waals surface area contributed by atoms with Gasteiger partial charge in [0.25, 0.3) is 22.2 Å². The van der Waals surface area contributed by atoms with E-state index in [0.717, 1.165) is 122 Å². The third-order valence-corrected chi connectivity index (χ3v) is 22.1. The highest BCUT2D eigenvalue weighted by Gasteiger charge is 2.27. The summed E-state index contributed by atoms with van der Waals surface area (Å²) in [6, 6.07) is 15.9. The molecule has 0 bridgehead atoms. The van der Waals surface area contributed by atoms with Gasteiger partial charge in [0.05, 0.1) is 94.9 Å². The lowest BCUT2D eigenvalue weighted by Crippen LogP contribution is -2.14. The molecular formula is C44H12Br4N4O4S6. The van der Waals surface area contributed by atoms with Crippen molar-refractivity contribution in [2.45, 2.75) is 0 Å². The molecule has 0 fully saturated rings. The maximum absolute atomic E-state index is 13.7. The fourth-order valence-corrected chi connectivity index (χ4v) is 19.1. The summed E-state index contributed by atoms with van der Waals surface area (Å²) < 4.78 is 19.1. The van der Waals surface area contributed by atoms with Crippen LogP contribution in [0.1, 0.15) is 0 Å². The van der Waals surface area contributed by atoms with Crippen molar-refractivity contribution in [3.05, 3.63) is 129 Å². The number of thiophene rings is 6. The molecule has 18 heteroatoms. The van der Waals surface area contributed by atoms with E-state index < -0.39 is 0 Å². The topological polar surface area (TPSA) is 85.9 Å². The smallest absolute Gasteiger partial charge is 0.273 e. The van der Waals surface area contributed by atoms with Gasteiger partial charge in [0.2, 0.25) is 0 Å². The predicted octanol–water partition coefficient (Wildman–Crippen LogP) is 14.5. The first-order valence-electron chi connectivity index (χ1n) is 18.6. The number of hydrogen-bond donors (Lipinski definition) is 0. The van der Waals surface area contributed by atoms with Gasteiger partial charge in [-0.1, -0.05) is 6.07 Å². The van der Waals surface area contributed by atoms with Crippen molar-refractivity contribution >= 4 is 257 Å². The van der Waals surface area contributed by atoms with Crippen molar-refractivity contribution in [3.63, 3.8) is 0 Å². The van der Waals surface area contributed by atoms with Gasteiger partial charge in [-0.15, -0.1) is 68.0 Å². The Balaban J connectivity index is 0.000000116. The molecule has 0 aliphatic carbocycles. The Kier molecular flexibility index (Phi) is 7.01. The van der Waals surface area contributed by atoms with Gasteiger partial charge in [0, 0.05) is 64.6 Å². The Morgan fingerprint density at radius 2 is 0.645 bits per heavy atom. The van der Waals surface area contributed by atoms with Crippen molar-refractivity contribution in [1.29, 1.82) is 0 Å². The van der Waals surface area contributed by atoms with E-state index in [-0.39, 0.29) is 22.2 Å². The highest BCUT2D eigenvalue weighted by atomic mass is 79.9. The quantitative estimate of drug-likeness (QED) is 0.142. The number of hydrogen-bond acceptors (Lipinski definition) is 10. The summed E-state index contributed by atoms with van der Waals surface area (Å²) >= 11 is 24.1. The first-order valence-corrected chi connectivity index (χ1v) is 26.9. The van der Waals surface area contributed by atoms with Gasteiger partial charge in [-0.25, -0.2) is 0 Å². The molecule has 2 aromatic carbocycles. The summed E-state index contributed by atoms with van der Waals surface area (Å²) in [6.45, 7) is 0. The summed E-state index contributed by atoms with van der Waals surface area (Å²) in [5, 5.41) is 14.7. The Bertz CT molecular complexity index is 4780. The molecule has 8 nitrogen and oxygen atoms in total. The van der Waals surface area contributed by atoms with Crippen LogP contribution in [-0.2, 0) is 0 Å². The number of fused-ring (bicyclic) bond motifs is 16. The molecule has 0 amide bonds. The van der Waals surface area contributed by atoms with E-state index in [4.69, 9.17) is 0 Å². The second kappa shape index (κ2) is 12.0. The van der Waals surface area contributed by atoms with E-state index in [0.29, 0.717) is 20.9 Å². The van der Waals surface area contributed by atoms with Gasteiger partial charge in [-0.05, 0) is 106 Å². The zero-order chi connectivity index (χ0) is 41.5. The lowest BCUT2D eigenvalue weighted by molar-refractivity contribution is 1.20. The van der Waals surface area contributed by atoms with Crippen LogP contribution < -0.4 is 22.2 Å². The van der Waals surface area contributed by atoms with Crippen LogP contribution in [0.2, 0.25) is 0 Å². The van der Waals surface area contributed by atoms with Crippen molar-refractivity contribution in [3.8, 4) is 0 Å². The number of rotatable bonds is 0. The van der Waals surface area contributed by atoms with Crippen LogP contribution >= 0.6 is 132 Å². The molecule has 0 aliphatic rings. The molecule has 14 aromatic heterocycles. The lowest BCUT2D eigenvalue weighted by Gasteiger charge is -2.06. The minimum atomic E-state index is -0.0374. The Labute approximate surface area is 399 Å². The van der Waals surface area contributed by atoms with Crippen LogP contribution in [0, 0.1) is 0 Å². The van der Waals surface area contributed by atoms with Gasteiger partial charge in [0.1, 0.15) is 4.70 Å². The normalized spacial score (nSPS) is 13.1. The Morgan fingerprint density at radius 3 is 1.02 bits per heavy atom. The fraction of sp³-hybridized carbons (Fsp3) is 0. The third kappa shape index (κ3) is 4.14. The Hall–Kier alpha value is -4.08. The highest BCUT2D eigenvalue weighted by molar-refractivity contribution is 9.11. The van der Waals surface area contributed by atoms with Gasteiger partial charge >= 0.3 is 0 Å². The average molecular weight is 1170 g/mol. The monoisotopic (exact) mass is 1170 g/mol. The fourth-order valence-electron chi connectivity index (χ4n) is 9.90.